The van der Waals surface area contributed by atoms with Crippen molar-refractivity contribution in [3.05, 3.63) is 0 Å². The molecule has 2 heteroatoms. The number of hydrogen-bond donors (Lipinski definition) is 2. The van der Waals surface area contributed by atoms with Crippen LogP contribution in [0.5, 0.6) is 0 Å². The van der Waals surface area contributed by atoms with E-state index in [0.717, 1.165) is 12.5 Å². The Bertz CT molecular complexity index is 205. The van der Waals surface area contributed by atoms with E-state index >= 15 is 0 Å². The molecule has 0 heterocycles. The molecule has 96 valence electrons. The highest BCUT2D eigenvalue weighted by Crippen LogP contribution is 2.37. The molecule has 0 bridgehead atoms. The molecule has 0 radical (unpaired) electrons. The van der Waals surface area contributed by atoms with E-state index in [1.54, 1.807) is 0 Å². The van der Waals surface area contributed by atoms with Gasteiger partial charge < -0.3 is 10.4 Å². The summed E-state index contributed by atoms with van der Waals surface area (Å²) < 4.78 is 0. The van der Waals surface area contributed by atoms with E-state index in [0.29, 0.717) is 5.41 Å². The molecule has 1 aliphatic rings. The van der Waals surface area contributed by atoms with Gasteiger partial charge in [-0.05, 0) is 38.0 Å². The third-order valence-electron chi connectivity index (χ3n) is 4.13. The molecule has 1 aliphatic carbocycles. The summed E-state index contributed by atoms with van der Waals surface area (Å²) in [5.41, 5.74) is 0.207. The van der Waals surface area contributed by atoms with Crippen LogP contribution in [-0.4, -0.2) is 23.8 Å². The highest BCUT2D eigenvalue weighted by Gasteiger charge is 2.31. The van der Waals surface area contributed by atoms with Gasteiger partial charge in [0, 0.05) is 12.1 Å². The van der Waals surface area contributed by atoms with E-state index in [-0.39, 0.29) is 12.1 Å². The van der Waals surface area contributed by atoms with Gasteiger partial charge in [0.1, 0.15) is 0 Å². The average Bonchev–Trinajstić information content (AvgIpc) is 2.28. The Balaban J connectivity index is 2.43. The minimum Gasteiger partial charge on any atom is -0.394 e. The van der Waals surface area contributed by atoms with Gasteiger partial charge in [-0.3, -0.25) is 0 Å². The molecule has 1 fully saturated rings. The molecule has 0 aromatic carbocycles. The monoisotopic (exact) mass is 227 g/mol. The molecule has 0 atom stereocenters. The fourth-order valence-electron chi connectivity index (χ4n) is 2.55. The van der Waals surface area contributed by atoms with Crippen molar-refractivity contribution in [1.82, 2.24) is 5.32 Å². The summed E-state index contributed by atoms with van der Waals surface area (Å²) in [5, 5.41) is 12.7. The molecule has 0 amide bonds. The average molecular weight is 227 g/mol. The van der Waals surface area contributed by atoms with Crippen LogP contribution in [-0.2, 0) is 0 Å². The molecule has 0 aromatic rings. The van der Waals surface area contributed by atoms with Crippen molar-refractivity contribution in [3.63, 3.8) is 0 Å². The Hall–Kier alpha value is -0.0800. The normalized spacial score (nSPS) is 20.1. The van der Waals surface area contributed by atoms with E-state index in [1.165, 1.54) is 32.1 Å². The molecule has 1 rings (SSSR count). The number of aliphatic hydroxyl groups is 1. The third-order valence-corrected chi connectivity index (χ3v) is 4.13. The lowest BCUT2D eigenvalue weighted by molar-refractivity contribution is 0.121. The Kier molecular flexibility index (Phi) is 4.81. The molecule has 0 aromatic heterocycles. The first-order chi connectivity index (χ1) is 7.37. The standard InChI is InChI=1S/C14H29NO/c1-13(2,10-15-14(3,4)11-16)12-8-6-5-7-9-12/h12,15-16H,5-11H2,1-4H3. The number of aliphatic hydroxyl groups excluding tert-OH is 1. The zero-order valence-electron chi connectivity index (χ0n) is 11.5. The second-order valence-electron chi connectivity index (χ2n) is 6.72. The molecule has 0 aliphatic heterocycles. The molecular formula is C14H29NO. The minimum atomic E-state index is -0.147. The highest BCUT2D eigenvalue weighted by molar-refractivity contribution is 4.86. The Labute approximate surface area is 101 Å². The summed E-state index contributed by atoms with van der Waals surface area (Å²) in [6.07, 6.45) is 6.99. The zero-order valence-corrected chi connectivity index (χ0v) is 11.5. The van der Waals surface area contributed by atoms with Crippen molar-refractivity contribution in [2.24, 2.45) is 11.3 Å². The second-order valence-corrected chi connectivity index (χ2v) is 6.72. The first-order valence-electron chi connectivity index (χ1n) is 6.73. The lowest BCUT2D eigenvalue weighted by Gasteiger charge is -2.39. The van der Waals surface area contributed by atoms with Crippen LogP contribution in [0.25, 0.3) is 0 Å². The van der Waals surface area contributed by atoms with Gasteiger partial charge in [0.25, 0.3) is 0 Å². The summed E-state index contributed by atoms with van der Waals surface area (Å²) >= 11 is 0. The molecule has 2 N–H and O–H groups in total. The van der Waals surface area contributed by atoms with Crippen molar-refractivity contribution in [1.29, 1.82) is 0 Å². The van der Waals surface area contributed by atoms with Gasteiger partial charge in [0.15, 0.2) is 0 Å². The van der Waals surface area contributed by atoms with Gasteiger partial charge in [-0.15, -0.1) is 0 Å². The minimum absolute atomic E-state index is 0.147. The van der Waals surface area contributed by atoms with E-state index in [2.05, 4.69) is 33.0 Å². The van der Waals surface area contributed by atoms with Gasteiger partial charge in [-0.25, -0.2) is 0 Å². The van der Waals surface area contributed by atoms with E-state index in [4.69, 9.17) is 0 Å². The Morgan fingerprint density at radius 3 is 2.12 bits per heavy atom. The van der Waals surface area contributed by atoms with E-state index in [9.17, 15) is 5.11 Å². The summed E-state index contributed by atoms with van der Waals surface area (Å²) in [6.45, 7) is 10.1. The summed E-state index contributed by atoms with van der Waals surface area (Å²) in [7, 11) is 0. The van der Waals surface area contributed by atoms with Gasteiger partial charge in [-0.1, -0.05) is 33.1 Å². The number of hydrogen-bond acceptors (Lipinski definition) is 2. The molecular weight excluding hydrogens is 198 g/mol. The maximum Gasteiger partial charge on any atom is 0.0607 e. The summed E-state index contributed by atoms with van der Waals surface area (Å²) in [4.78, 5) is 0. The predicted octanol–water partition coefficient (Wildman–Crippen LogP) is 2.95. The van der Waals surface area contributed by atoms with Crippen molar-refractivity contribution in [3.8, 4) is 0 Å². The summed E-state index contributed by atoms with van der Waals surface area (Å²) in [6, 6.07) is 0. The first kappa shape index (κ1) is 14.0. The van der Waals surface area contributed by atoms with Gasteiger partial charge in [0.05, 0.1) is 6.61 Å². The van der Waals surface area contributed by atoms with Crippen LogP contribution in [0.4, 0.5) is 0 Å². The van der Waals surface area contributed by atoms with Crippen molar-refractivity contribution in [2.45, 2.75) is 65.3 Å². The molecule has 1 saturated carbocycles. The fraction of sp³-hybridized carbons (Fsp3) is 1.00. The van der Waals surface area contributed by atoms with Crippen molar-refractivity contribution < 1.29 is 5.11 Å². The quantitative estimate of drug-likeness (QED) is 0.757. The van der Waals surface area contributed by atoms with Gasteiger partial charge in [-0.2, -0.15) is 0 Å². The van der Waals surface area contributed by atoms with Crippen LogP contribution in [0.2, 0.25) is 0 Å². The largest absolute Gasteiger partial charge is 0.394 e. The molecule has 0 unspecified atom stereocenters. The Morgan fingerprint density at radius 2 is 1.62 bits per heavy atom. The van der Waals surface area contributed by atoms with E-state index in [1.807, 2.05) is 0 Å². The fourth-order valence-corrected chi connectivity index (χ4v) is 2.55. The molecule has 0 spiro atoms. The van der Waals surface area contributed by atoms with Crippen LogP contribution >= 0.6 is 0 Å². The smallest absolute Gasteiger partial charge is 0.0607 e. The molecule has 2 nitrogen and oxygen atoms in total. The number of nitrogens with one attached hydrogen (secondary N) is 1. The molecule has 16 heavy (non-hydrogen) atoms. The van der Waals surface area contributed by atoms with Gasteiger partial charge in [0.2, 0.25) is 0 Å². The Morgan fingerprint density at radius 1 is 1.06 bits per heavy atom. The molecule has 0 saturated heterocycles. The van der Waals surface area contributed by atoms with Gasteiger partial charge >= 0.3 is 0 Å². The van der Waals surface area contributed by atoms with Crippen LogP contribution in [0.3, 0.4) is 0 Å². The highest BCUT2D eigenvalue weighted by atomic mass is 16.3. The van der Waals surface area contributed by atoms with Crippen LogP contribution in [0.1, 0.15) is 59.8 Å². The van der Waals surface area contributed by atoms with Crippen LogP contribution < -0.4 is 5.32 Å². The SMILES string of the molecule is CC(C)(CO)NCC(C)(C)C1CCCCC1. The second kappa shape index (κ2) is 5.50. The van der Waals surface area contributed by atoms with Crippen molar-refractivity contribution in [2.75, 3.05) is 13.2 Å². The zero-order chi connectivity index (χ0) is 12.2. The third kappa shape index (κ3) is 4.06. The lowest BCUT2D eigenvalue weighted by atomic mass is 9.71. The summed E-state index contributed by atoms with van der Waals surface area (Å²) in [5.74, 6) is 0.850. The number of rotatable bonds is 5. The van der Waals surface area contributed by atoms with E-state index < -0.39 is 0 Å². The maximum absolute atomic E-state index is 9.24. The first-order valence-corrected chi connectivity index (χ1v) is 6.73. The predicted molar refractivity (Wildman–Crippen MR) is 69.5 cm³/mol. The van der Waals surface area contributed by atoms with Crippen LogP contribution in [0.15, 0.2) is 0 Å². The van der Waals surface area contributed by atoms with Crippen LogP contribution in [0, 0.1) is 11.3 Å². The maximum atomic E-state index is 9.24. The topological polar surface area (TPSA) is 32.3 Å². The van der Waals surface area contributed by atoms with Crippen molar-refractivity contribution >= 4 is 0 Å². The lowest BCUT2D eigenvalue weighted by Crippen LogP contribution is -2.48.